The summed E-state index contributed by atoms with van der Waals surface area (Å²) in [5, 5.41) is 15.3. The molecular weight excluding hydrogens is 238 g/mol. The molecule has 2 N–H and O–H groups in total. The predicted octanol–water partition coefficient (Wildman–Crippen LogP) is 0.450. The Morgan fingerprint density at radius 1 is 1.44 bits per heavy atom. The second kappa shape index (κ2) is 4.08. The maximum absolute atomic E-state index is 11.9. The molecule has 7 nitrogen and oxygen atoms in total. The van der Waals surface area contributed by atoms with E-state index in [9.17, 15) is 9.59 Å². The van der Waals surface area contributed by atoms with Crippen molar-refractivity contribution < 1.29 is 19.2 Å². The van der Waals surface area contributed by atoms with Crippen molar-refractivity contribution in [2.45, 2.75) is 32.7 Å². The average Bonchev–Trinajstić information content (AvgIpc) is 2.94. The Morgan fingerprint density at radius 2 is 2.11 bits per heavy atom. The number of nitrogens with one attached hydrogen (secondary N) is 1. The highest BCUT2D eigenvalue weighted by Gasteiger charge is 2.49. The standard InChI is InChI=1S/C11H15N3O4/c1-5-12-10(14-18-5)11(2,3)13-8(15)6-4-7(6)9(16)17/h6-7H,4H2,1-3H3,(H,13,15)(H,16,17). The number of aromatic nitrogens is 2. The van der Waals surface area contributed by atoms with Gasteiger partial charge >= 0.3 is 5.97 Å². The van der Waals surface area contributed by atoms with Gasteiger partial charge in [0.1, 0.15) is 0 Å². The van der Waals surface area contributed by atoms with Crippen molar-refractivity contribution >= 4 is 11.9 Å². The van der Waals surface area contributed by atoms with Crippen LogP contribution in [0.25, 0.3) is 0 Å². The predicted molar refractivity (Wildman–Crippen MR) is 59.4 cm³/mol. The Hall–Kier alpha value is -1.92. The van der Waals surface area contributed by atoms with E-state index >= 15 is 0 Å². The average molecular weight is 253 g/mol. The lowest BCUT2D eigenvalue weighted by Crippen LogP contribution is -2.43. The Bertz CT molecular complexity index is 494. The molecule has 2 unspecified atom stereocenters. The first kappa shape index (κ1) is 12.5. The molecule has 1 aliphatic carbocycles. The maximum atomic E-state index is 11.9. The highest BCUT2D eigenvalue weighted by atomic mass is 16.5. The molecular formula is C11H15N3O4. The molecule has 98 valence electrons. The summed E-state index contributed by atoms with van der Waals surface area (Å²) in [5.74, 6) is -1.43. The largest absolute Gasteiger partial charge is 0.481 e. The Morgan fingerprint density at radius 3 is 2.56 bits per heavy atom. The minimum absolute atomic E-state index is 0.283. The molecule has 0 bridgehead atoms. The van der Waals surface area contributed by atoms with Gasteiger partial charge in [-0.05, 0) is 20.3 Å². The van der Waals surface area contributed by atoms with E-state index in [0.29, 0.717) is 18.1 Å². The summed E-state index contributed by atoms with van der Waals surface area (Å²) in [4.78, 5) is 26.6. The van der Waals surface area contributed by atoms with Crippen LogP contribution in [0.3, 0.4) is 0 Å². The van der Waals surface area contributed by atoms with E-state index in [-0.39, 0.29) is 5.91 Å². The molecule has 1 heterocycles. The van der Waals surface area contributed by atoms with Crippen molar-refractivity contribution in [1.29, 1.82) is 0 Å². The van der Waals surface area contributed by atoms with Gasteiger partial charge in [-0.15, -0.1) is 0 Å². The number of carbonyl (C=O) groups excluding carboxylic acids is 1. The second-order valence-corrected chi connectivity index (χ2v) is 5.04. The Kier molecular flexibility index (Phi) is 2.84. The van der Waals surface area contributed by atoms with Crippen molar-refractivity contribution in [2.75, 3.05) is 0 Å². The number of hydrogen-bond donors (Lipinski definition) is 2. The van der Waals surface area contributed by atoms with Crippen molar-refractivity contribution in [3.05, 3.63) is 11.7 Å². The van der Waals surface area contributed by atoms with Gasteiger partial charge in [0.25, 0.3) is 0 Å². The molecule has 1 saturated carbocycles. The number of carboxylic acids is 1. The summed E-state index contributed by atoms with van der Waals surface area (Å²) in [6.07, 6.45) is 0.391. The smallest absolute Gasteiger partial charge is 0.307 e. The maximum Gasteiger partial charge on any atom is 0.307 e. The van der Waals surface area contributed by atoms with E-state index < -0.39 is 23.3 Å². The zero-order chi connectivity index (χ0) is 13.5. The Balaban J connectivity index is 2.01. The molecule has 0 radical (unpaired) electrons. The monoisotopic (exact) mass is 253 g/mol. The van der Waals surface area contributed by atoms with Crippen LogP contribution in [0.1, 0.15) is 32.0 Å². The number of aliphatic carboxylic acids is 1. The van der Waals surface area contributed by atoms with Crippen LogP contribution >= 0.6 is 0 Å². The van der Waals surface area contributed by atoms with Crippen LogP contribution < -0.4 is 5.32 Å². The third-order valence-electron chi connectivity index (χ3n) is 2.97. The van der Waals surface area contributed by atoms with E-state index in [1.54, 1.807) is 20.8 Å². The fraction of sp³-hybridized carbons (Fsp3) is 0.636. The van der Waals surface area contributed by atoms with Crippen LogP contribution in [0.15, 0.2) is 4.52 Å². The molecule has 7 heteroatoms. The lowest BCUT2D eigenvalue weighted by molar-refractivity contribution is -0.140. The number of amides is 1. The van der Waals surface area contributed by atoms with Crippen LogP contribution in [0.2, 0.25) is 0 Å². The molecule has 0 saturated heterocycles. The molecule has 0 spiro atoms. The van der Waals surface area contributed by atoms with Crippen LogP contribution in [0.5, 0.6) is 0 Å². The van der Waals surface area contributed by atoms with Gasteiger partial charge in [0.15, 0.2) is 5.82 Å². The van der Waals surface area contributed by atoms with Crippen LogP contribution in [0.4, 0.5) is 0 Å². The highest BCUT2D eigenvalue weighted by molar-refractivity contribution is 5.89. The number of carboxylic acid groups (broad SMARTS) is 1. The van der Waals surface area contributed by atoms with Gasteiger partial charge in [0.2, 0.25) is 11.8 Å². The SMILES string of the molecule is Cc1nc(C(C)(C)NC(=O)C2CC2C(=O)O)no1. The first-order valence-corrected chi connectivity index (χ1v) is 5.67. The lowest BCUT2D eigenvalue weighted by Gasteiger charge is -2.22. The first-order chi connectivity index (χ1) is 8.31. The number of carbonyl (C=O) groups is 2. The summed E-state index contributed by atoms with van der Waals surface area (Å²) < 4.78 is 4.86. The fourth-order valence-electron chi connectivity index (χ4n) is 1.77. The zero-order valence-electron chi connectivity index (χ0n) is 10.4. The fourth-order valence-corrected chi connectivity index (χ4v) is 1.77. The summed E-state index contributed by atoms with van der Waals surface area (Å²) in [7, 11) is 0. The molecule has 0 aromatic carbocycles. The number of aryl methyl sites for hydroxylation is 1. The van der Waals surface area contributed by atoms with Gasteiger partial charge in [-0.2, -0.15) is 4.98 Å². The third-order valence-corrected chi connectivity index (χ3v) is 2.97. The van der Waals surface area contributed by atoms with Gasteiger partial charge < -0.3 is 14.9 Å². The van der Waals surface area contributed by atoms with E-state index in [4.69, 9.17) is 9.63 Å². The van der Waals surface area contributed by atoms with Gasteiger partial charge in [-0.1, -0.05) is 5.16 Å². The van der Waals surface area contributed by atoms with E-state index in [1.165, 1.54) is 0 Å². The zero-order valence-corrected chi connectivity index (χ0v) is 10.4. The molecule has 18 heavy (non-hydrogen) atoms. The lowest BCUT2D eigenvalue weighted by atomic mass is 10.0. The van der Waals surface area contributed by atoms with Crippen molar-refractivity contribution in [1.82, 2.24) is 15.5 Å². The summed E-state index contributed by atoms with van der Waals surface area (Å²) in [6, 6.07) is 0. The molecule has 1 aliphatic rings. The summed E-state index contributed by atoms with van der Waals surface area (Å²) in [6.45, 7) is 5.15. The molecule has 1 fully saturated rings. The molecule has 2 rings (SSSR count). The molecule has 1 aromatic rings. The van der Waals surface area contributed by atoms with Crippen LogP contribution in [-0.4, -0.2) is 27.1 Å². The minimum atomic E-state index is -0.927. The van der Waals surface area contributed by atoms with Gasteiger partial charge in [-0.25, -0.2) is 0 Å². The number of nitrogens with zero attached hydrogens (tertiary/aromatic N) is 2. The normalized spacial score (nSPS) is 22.6. The molecule has 1 amide bonds. The third kappa shape index (κ3) is 2.34. The minimum Gasteiger partial charge on any atom is -0.481 e. The van der Waals surface area contributed by atoms with Crippen LogP contribution in [-0.2, 0) is 15.1 Å². The molecule has 2 atom stereocenters. The Labute approximate surface area is 104 Å². The van der Waals surface area contributed by atoms with Crippen molar-refractivity contribution in [3.8, 4) is 0 Å². The van der Waals surface area contributed by atoms with E-state index in [1.807, 2.05) is 0 Å². The van der Waals surface area contributed by atoms with Gasteiger partial charge in [0.05, 0.1) is 17.4 Å². The van der Waals surface area contributed by atoms with Gasteiger partial charge in [-0.3, -0.25) is 9.59 Å². The molecule has 1 aromatic heterocycles. The first-order valence-electron chi connectivity index (χ1n) is 5.67. The van der Waals surface area contributed by atoms with Gasteiger partial charge in [0, 0.05) is 6.92 Å². The second-order valence-electron chi connectivity index (χ2n) is 5.04. The molecule has 0 aliphatic heterocycles. The van der Waals surface area contributed by atoms with Crippen LogP contribution in [0, 0.1) is 18.8 Å². The highest BCUT2D eigenvalue weighted by Crippen LogP contribution is 2.39. The quantitative estimate of drug-likeness (QED) is 0.807. The number of hydrogen-bond acceptors (Lipinski definition) is 5. The van der Waals surface area contributed by atoms with E-state index in [2.05, 4.69) is 15.5 Å². The number of rotatable bonds is 4. The van der Waals surface area contributed by atoms with Crippen molar-refractivity contribution in [2.24, 2.45) is 11.8 Å². The summed E-state index contributed by atoms with van der Waals surface area (Å²) in [5.41, 5.74) is -0.777. The van der Waals surface area contributed by atoms with Crippen molar-refractivity contribution in [3.63, 3.8) is 0 Å². The van der Waals surface area contributed by atoms with E-state index in [0.717, 1.165) is 0 Å². The topological polar surface area (TPSA) is 105 Å². The summed E-state index contributed by atoms with van der Waals surface area (Å²) >= 11 is 0.